The molecule has 3 N–H and O–H groups in total. The zero-order valence-electron chi connectivity index (χ0n) is 14.5. The Hall–Kier alpha value is -3.42. The molecule has 27 heavy (non-hydrogen) atoms. The molecule has 1 atom stereocenters. The molecule has 1 aromatic rings. The first-order chi connectivity index (χ1) is 12.6. The third-order valence-electron chi connectivity index (χ3n) is 4.38. The van der Waals surface area contributed by atoms with Gasteiger partial charge in [0.25, 0.3) is 0 Å². The molecular weight excluding hydrogens is 356 g/mol. The number of fused-ring (bicyclic) bond motifs is 1. The van der Waals surface area contributed by atoms with E-state index in [0.717, 1.165) is 0 Å². The van der Waals surface area contributed by atoms with Crippen molar-refractivity contribution in [3.63, 3.8) is 0 Å². The van der Waals surface area contributed by atoms with E-state index in [1.807, 2.05) is 0 Å². The minimum Gasteiger partial charge on any atom is -0.481 e. The summed E-state index contributed by atoms with van der Waals surface area (Å²) in [6.07, 6.45) is 2.78. The van der Waals surface area contributed by atoms with Crippen LogP contribution in [0.15, 0.2) is 30.4 Å². The van der Waals surface area contributed by atoms with Gasteiger partial charge in [-0.15, -0.1) is 0 Å². The molecule has 2 rings (SSSR count). The van der Waals surface area contributed by atoms with Crippen LogP contribution in [-0.4, -0.2) is 45.8 Å². The average molecular weight is 374 g/mol. The molecule has 0 aliphatic heterocycles. The highest BCUT2D eigenvalue weighted by Crippen LogP contribution is 2.37. The van der Waals surface area contributed by atoms with Gasteiger partial charge in [-0.05, 0) is 36.6 Å². The molecule has 1 unspecified atom stereocenters. The highest BCUT2D eigenvalue weighted by atomic mass is 16.5. The molecule has 1 aliphatic rings. The number of aliphatic carboxylic acids is 1. The van der Waals surface area contributed by atoms with Crippen LogP contribution in [0.3, 0.4) is 0 Å². The monoisotopic (exact) mass is 374 g/mol. The van der Waals surface area contributed by atoms with Crippen LogP contribution in [0, 0.1) is 5.41 Å². The number of ether oxygens (including phenoxy) is 1. The summed E-state index contributed by atoms with van der Waals surface area (Å²) in [5.41, 5.74) is -1.16. The van der Waals surface area contributed by atoms with E-state index in [-0.39, 0.29) is 30.6 Å². The van der Waals surface area contributed by atoms with E-state index in [1.165, 1.54) is 31.2 Å². The Labute approximate surface area is 154 Å². The lowest BCUT2D eigenvalue weighted by molar-refractivity contribution is -0.149. The first-order valence-electron chi connectivity index (χ1n) is 7.96. The highest BCUT2D eigenvalue weighted by molar-refractivity contribution is 6.02. The lowest BCUT2D eigenvalue weighted by Crippen LogP contribution is -2.35. The normalized spacial score (nSPS) is 17.7. The number of carbonyl (C=O) groups excluding carboxylic acids is 1. The topological polar surface area (TPSA) is 138 Å². The van der Waals surface area contributed by atoms with Gasteiger partial charge in [0.2, 0.25) is 0 Å². The van der Waals surface area contributed by atoms with Crippen molar-refractivity contribution < 1.29 is 39.2 Å². The molecule has 1 aliphatic carbocycles. The number of carbonyl (C=O) groups is 4. The first kappa shape index (κ1) is 19.9. The van der Waals surface area contributed by atoms with Crippen molar-refractivity contribution in [2.75, 3.05) is 6.61 Å². The summed E-state index contributed by atoms with van der Waals surface area (Å²) in [7, 11) is 0. The fourth-order valence-corrected chi connectivity index (χ4v) is 2.85. The lowest BCUT2D eigenvalue weighted by Gasteiger charge is -2.30. The maximum atomic E-state index is 11.9. The molecule has 0 bridgehead atoms. The van der Waals surface area contributed by atoms with Crippen molar-refractivity contribution in [2.24, 2.45) is 5.41 Å². The lowest BCUT2D eigenvalue weighted by atomic mass is 9.73. The molecule has 8 heteroatoms. The third kappa shape index (κ3) is 4.05. The molecule has 0 saturated carbocycles. The predicted molar refractivity (Wildman–Crippen MR) is 93.6 cm³/mol. The number of benzene rings is 1. The van der Waals surface area contributed by atoms with Gasteiger partial charge in [-0.25, -0.2) is 14.4 Å². The largest absolute Gasteiger partial charge is 0.481 e. The smallest absolute Gasteiger partial charge is 0.336 e. The summed E-state index contributed by atoms with van der Waals surface area (Å²) < 4.78 is 4.97. The summed E-state index contributed by atoms with van der Waals surface area (Å²) in [6.45, 7) is 4.76. The zero-order valence-corrected chi connectivity index (χ0v) is 14.5. The van der Waals surface area contributed by atoms with E-state index >= 15 is 0 Å². The van der Waals surface area contributed by atoms with E-state index in [4.69, 9.17) is 4.74 Å². The van der Waals surface area contributed by atoms with Gasteiger partial charge in [-0.2, -0.15) is 0 Å². The maximum Gasteiger partial charge on any atom is 0.336 e. The molecule has 8 nitrogen and oxygen atoms in total. The summed E-state index contributed by atoms with van der Waals surface area (Å²) in [5.74, 6) is -4.59. The molecule has 0 spiro atoms. The van der Waals surface area contributed by atoms with Crippen LogP contribution >= 0.6 is 0 Å². The van der Waals surface area contributed by atoms with Gasteiger partial charge in [-0.3, -0.25) is 4.79 Å². The number of hydrogen-bond donors (Lipinski definition) is 3. The molecule has 1 aromatic carbocycles. The third-order valence-corrected chi connectivity index (χ3v) is 4.38. The first-order valence-corrected chi connectivity index (χ1v) is 7.96. The van der Waals surface area contributed by atoms with E-state index in [2.05, 4.69) is 6.58 Å². The zero-order chi connectivity index (χ0) is 20.4. The second kappa shape index (κ2) is 7.45. The minimum absolute atomic E-state index is 0.0274. The molecule has 0 saturated heterocycles. The van der Waals surface area contributed by atoms with Crippen molar-refractivity contribution in [3.05, 3.63) is 52.6 Å². The number of hydrogen-bond acceptors (Lipinski definition) is 5. The minimum atomic E-state index is -1.42. The predicted octanol–water partition coefficient (Wildman–Crippen LogP) is 2.23. The van der Waals surface area contributed by atoms with Gasteiger partial charge in [0, 0.05) is 12.0 Å². The van der Waals surface area contributed by atoms with Crippen LogP contribution < -0.4 is 0 Å². The number of aromatic carboxylic acids is 2. The molecular formula is C19H18O8. The van der Waals surface area contributed by atoms with E-state index in [1.54, 1.807) is 0 Å². The Morgan fingerprint density at radius 3 is 2.22 bits per heavy atom. The van der Waals surface area contributed by atoms with Crippen molar-refractivity contribution in [1.82, 2.24) is 0 Å². The summed E-state index contributed by atoms with van der Waals surface area (Å²) in [4.78, 5) is 46.0. The van der Waals surface area contributed by atoms with E-state index in [9.17, 15) is 34.5 Å². The van der Waals surface area contributed by atoms with Gasteiger partial charge in [0.05, 0.1) is 23.1 Å². The van der Waals surface area contributed by atoms with E-state index in [0.29, 0.717) is 11.1 Å². The Kier molecular flexibility index (Phi) is 5.49. The van der Waals surface area contributed by atoms with Gasteiger partial charge >= 0.3 is 23.9 Å². The fourth-order valence-electron chi connectivity index (χ4n) is 2.85. The van der Waals surface area contributed by atoms with Crippen molar-refractivity contribution >= 4 is 30.0 Å². The Bertz CT molecular complexity index is 880. The summed E-state index contributed by atoms with van der Waals surface area (Å²) in [6, 6.07) is 2.40. The van der Waals surface area contributed by atoms with Crippen LogP contribution in [0.1, 0.15) is 45.2 Å². The number of carboxylic acids is 3. The maximum absolute atomic E-state index is 11.9. The molecule has 142 valence electrons. The summed E-state index contributed by atoms with van der Waals surface area (Å²) in [5, 5.41) is 28.1. The number of carboxylic acid groups (broad SMARTS) is 3. The highest BCUT2D eigenvalue weighted by Gasteiger charge is 2.39. The van der Waals surface area contributed by atoms with E-state index < -0.39 is 34.9 Å². The molecule has 0 fully saturated rings. The Morgan fingerprint density at radius 2 is 1.70 bits per heavy atom. The van der Waals surface area contributed by atoms with Crippen LogP contribution in [-0.2, 0) is 20.7 Å². The second-order valence-electron chi connectivity index (χ2n) is 6.34. The quantitative estimate of drug-likeness (QED) is 0.488. The molecule has 0 aromatic heterocycles. The average Bonchev–Trinajstić information content (AvgIpc) is 2.59. The van der Waals surface area contributed by atoms with Crippen LogP contribution in [0.5, 0.6) is 0 Å². The fraction of sp³-hybridized carbons (Fsp3) is 0.263. The van der Waals surface area contributed by atoms with Gasteiger partial charge in [-0.1, -0.05) is 18.7 Å². The van der Waals surface area contributed by atoms with Crippen LogP contribution in [0.2, 0.25) is 0 Å². The molecule has 0 amide bonds. The number of rotatable bonds is 7. The van der Waals surface area contributed by atoms with Gasteiger partial charge in [0.15, 0.2) is 0 Å². The van der Waals surface area contributed by atoms with Gasteiger partial charge < -0.3 is 20.1 Å². The second-order valence-corrected chi connectivity index (χ2v) is 6.34. The standard InChI is InChI=1S/C19H18O8/c1-10(2)17(24)27-6-5-19(18(25)26)4-3-11-7-13(15(20)21)14(16(22)23)8-12(11)9-19/h3-4,7-8H,1,5-6,9H2,2H3,(H,20,21)(H,22,23)(H,25,26). The molecule has 0 radical (unpaired) electrons. The van der Waals surface area contributed by atoms with Crippen molar-refractivity contribution in [2.45, 2.75) is 19.8 Å². The van der Waals surface area contributed by atoms with Crippen LogP contribution in [0.4, 0.5) is 0 Å². The van der Waals surface area contributed by atoms with Crippen molar-refractivity contribution in [3.8, 4) is 0 Å². The Morgan fingerprint density at radius 1 is 1.11 bits per heavy atom. The molecule has 0 heterocycles. The number of esters is 1. The summed E-state index contributed by atoms with van der Waals surface area (Å²) >= 11 is 0. The van der Waals surface area contributed by atoms with Gasteiger partial charge in [0.1, 0.15) is 0 Å². The van der Waals surface area contributed by atoms with Crippen LogP contribution in [0.25, 0.3) is 6.08 Å². The Balaban J connectivity index is 2.36. The SMILES string of the molecule is C=C(C)C(=O)OCCC1(C(=O)O)C=Cc2cc(C(=O)O)c(C(=O)O)cc2C1. The van der Waals surface area contributed by atoms with Crippen molar-refractivity contribution in [1.29, 1.82) is 0 Å².